The Morgan fingerprint density at radius 3 is 2.06 bits per heavy atom. The molecule has 3 aromatic rings. The van der Waals surface area contributed by atoms with Gasteiger partial charge >= 0.3 is 0 Å². The van der Waals surface area contributed by atoms with Gasteiger partial charge in [-0.3, -0.25) is 4.31 Å². The summed E-state index contributed by atoms with van der Waals surface area (Å²) in [7, 11) is 0.388. The maximum Gasteiger partial charge on any atom is 0.264 e. The van der Waals surface area contributed by atoms with Crippen LogP contribution in [-0.2, 0) is 10.0 Å². The summed E-state index contributed by atoms with van der Waals surface area (Å²) in [5.41, 5.74) is 0.961. The number of halogens is 2. The quantitative estimate of drug-likeness (QED) is 0.429. The molecule has 6 nitrogen and oxygen atoms in total. The smallest absolute Gasteiger partial charge is 0.264 e. The summed E-state index contributed by atoms with van der Waals surface area (Å²) in [6.45, 7) is 1.73. The van der Waals surface area contributed by atoms with E-state index in [1.54, 1.807) is 49.4 Å². The van der Waals surface area contributed by atoms with E-state index in [4.69, 9.17) is 25.8 Å². The average Bonchev–Trinajstić information content (AvgIpc) is 2.80. The van der Waals surface area contributed by atoms with E-state index in [1.165, 1.54) is 31.7 Å². The van der Waals surface area contributed by atoms with Crippen molar-refractivity contribution in [3.8, 4) is 17.2 Å². The normalized spacial score (nSPS) is 12.2. The molecule has 0 aliphatic rings. The van der Waals surface area contributed by atoms with Crippen molar-refractivity contribution < 1.29 is 27.0 Å². The number of anilines is 1. The summed E-state index contributed by atoms with van der Waals surface area (Å²) < 4.78 is 58.5. The Balaban J connectivity index is 2.22. The minimum absolute atomic E-state index is 0.145. The van der Waals surface area contributed by atoms with Crippen molar-refractivity contribution >= 4 is 27.3 Å². The molecule has 3 aromatic carbocycles. The fourth-order valence-corrected chi connectivity index (χ4v) is 5.25. The fraction of sp³-hybridized carbons (Fsp3) is 0.217. The Labute approximate surface area is 192 Å². The predicted molar refractivity (Wildman–Crippen MR) is 122 cm³/mol. The van der Waals surface area contributed by atoms with Gasteiger partial charge in [-0.1, -0.05) is 11.6 Å². The second-order valence-electron chi connectivity index (χ2n) is 6.86. The lowest BCUT2D eigenvalue weighted by Gasteiger charge is -2.32. The van der Waals surface area contributed by atoms with Crippen LogP contribution in [0.1, 0.15) is 18.5 Å². The van der Waals surface area contributed by atoms with Crippen molar-refractivity contribution in [3.63, 3.8) is 0 Å². The van der Waals surface area contributed by atoms with Gasteiger partial charge in [0.05, 0.1) is 43.0 Å². The summed E-state index contributed by atoms with van der Waals surface area (Å²) in [6, 6.07) is 14.3. The van der Waals surface area contributed by atoms with Gasteiger partial charge in [0.1, 0.15) is 23.1 Å². The molecule has 170 valence electrons. The molecule has 0 spiro atoms. The highest BCUT2D eigenvalue weighted by Gasteiger charge is 2.32. The maximum atomic E-state index is 13.8. The highest BCUT2D eigenvalue weighted by molar-refractivity contribution is 7.92. The van der Waals surface area contributed by atoms with E-state index in [-0.39, 0.29) is 9.92 Å². The van der Waals surface area contributed by atoms with Crippen molar-refractivity contribution in [1.82, 2.24) is 0 Å². The maximum absolute atomic E-state index is 13.8. The van der Waals surface area contributed by atoms with Crippen LogP contribution in [0.15, 0.2) is 65.6 Å². The number of ether oxygens (including phenoxy) is 3. The van der Waals surface area contributed by atoms with Crippen LogP contribution in [0.3, 0.4) is 0 Å². The van der Waals surface area contributed by atoms with E-state index < -0.39 is 21.9 Å². The van der Waals surface area contributed by atoms with Crippen LogP contribution >= 0.6 is 11.6 Å². The van der Waals surface area contributed by atoms with Crippen LogP contribution in [0.5, 0.6) is 17.2 Å². The molecule has 32 heavy (non-hydrogen) atoms. The second kappa shape index (κ2) is 9.67. The third-order valence-corrected chi connectivity index (χ3v) is 7.20. The first-order chi connectivity index (χ1) is 15.2. The molecule has 0 radical (unpaired) electrons. The predicted octanol–water partition coefficient (Wildman–Crippen LogP) is 5.46. The average molecular weight is 480 g/mol. The zero-order chi connectivity index (χ0) is 23.5. The van der Waals surface area contributed by atoms with E-state index >= 15 is 0 Å². The number of methoxy groups -OCH3 is 3. The summed E-state index contributed by atoms with van der Waals surface area (Å²) in [5.74, 6) is 0.903. The van der Waals surface area contributed by atoms with Crippen LogP contribution in [0, 0.1) is 5.82 Å². The highest BCUT2D eigenvalue weighted by atomic mass is 35.5. The minimum atomic E-state index is -4.16. The van der Waals surface area contributed by atoms with Crippen molar-refractivity contribution in [2.24, 2.45) is 0 Å². The number of sulfonamides is 1. The van der Waals surface area contributed by atoms with E-state index in [1.807, 2.05) is 0 Å². The van der Waals surface area contributed by atoms with Crippen LogP contribution in [-0.4, -0.2) is 29.7 Å². The van der Waals surface area contributed by atoms with Crippen LogP contribution < -0.4 is 18.5 Å². The highest BCUT2D eigenvalue weighted by Crippen LogP contribution is 2.39. The third kappa shape index (κ3) is 4.61. The third-order valence-electron chi connectivity index (χ3n) is 5.01. The van der Waals surface area contributed by atoms with Gasteiger partial charge in [0.25, 0.3) is 10.0 Å². The van der Waals surface area contributed by atoms with Gasteiger partial charge in [-0.25, -0.2) is 12.8 Å². The van der Waals surface area contributed by atoms with Gasteiger partial charge in [-0.05, 0) is 67.6 Å². The molecule has 0 bridgehead atoms. The minimum Gasteiger partial charge on any atom is -0.497 e. The van der Waals surface area contributed by atoms with E-state index in [9.17, 15) is 12.8 Å². The summed E-state index contributed by atoms with van der Waals surface area (Å²) >= 11 is 5.88. The molecule has 9 heteroatoms. The zero-order valence-corrected chi connectivity index (χ0v) is 19.6. The summed E-state index contributed by atoms with van der Waals surface area (Å²) in [5, 5.41) is -0.285. The van der Waals surface area contributed by atoms with Crippen LogP contribution in [0.25, 0.3) is 0 Å². The van der Waals surface area contributed by atoms with Gasteiger partial charge in [-0.2, -0.15) is 0 Å². The molecule has 0 fully saturated rings. The largest absolute Gasteiger partial charge is 0.497 e. The van der Waals surface area contributed by atoms with Crippen LogP contribution in [0.4, 0.5) is 10.1 Å². The van der Waals surface area contributed by atoms with Gasteiger partial charge in [-0.15, -0.1) is 0 Å². The fourth-order valence-electron chi connectivity index (χ4n) is 3.34. The Kier molecular flexibility index (Phi) is 7.16. The molecule has 0 aliphatic carbocycles. The number of nitrogens with zero attached hydrogens (tertiary/aromatic N) is 1. The van der Waals surface area contributed by atoms with Crippen LogP contribution in [0.2, 0.25) is 5.02 Å². The molecule has 0 heterocycles. The van der Waals surface area contributed by atoms with Crippen molar-refractivity contribution in [2.75, 3.05) is 25.6 Å². The second-order valence-corrected chi connectivity index (χ2v) is 9.08. The Hall–Kier alpha value is -2.97. The number of hydrogen-bond acceptors (Lipinski definition) is 5. The molecule has 1 atom stereocenters. The van der Waals surface area contributed by atoms with Crippen molar-refractivity contribution in [2.45, 2.75) is 17.9 Å². The molecule has 0 saturated carbocycles. The molecule has 0 amide bonds. The Bertz CT molecular complexity index is 1200. The zero-order valence-electron chi connectivity index (χ0n) is 18.0. The molecule has 1 unspecified atom stereocenters. The lowest BCUT2D eigenvalue weighted by atomic mass is 10.1. The van der Waals surface area contributed by atoms with E-state index in [0.717, 1.165) is 12.1 Å². The number of benzene rings is 3. The molecule has 0 saturated heterocycles. The van der Waals surface area contributed by atoms with E-state index in [2.05, 4.69) is 0 Å². The van der Waals surface area contributed by atoms with Gasteiger partial charge in [0.15, 0.2) is 0 Å². The standard InChI is InChI=1S/C23H23ClFNO5S/c1-15(20-13-18(30-3)9-12-23(20)31-4)26(16-5-7-17(29-2)8-6-16)32(27,28)19-10-11-22(25)21(24)14-19/h5-15H,1-4H3. The number of rotatable bonds is 8. The monoisotopic (exact) mass is 479 g/mol. The summed E-state index contributed by atoms with van der Waals surface area (Å²) in [4.78, 5) is -0.145. The molecule has 0 N–H and O–H groups in total. The molecule has 3 rings (SSSR count). The Morgan fingerprint density at radius 2 is 1.50 bits per heavy atom. The molecular formula is C23H23ClFNO5S. The SMILES string of the molecule is COc1ccc(N(C(C)c2cc(OC)ccc2OC)S(=O)(=O)c2ccc(F)c(Cl)c2)cc1. The lowest BCUT2D eigenvalue weighted by molar-refractivity contribution is 0.396. The lowest BCUT2D eigenvalue weighted by Crippen LogP contribution is -2.34. The first kappa shape index (κ1) is 23.7. The van der Waals surface area contributed by atoms with Crippen molar-refractivity contribution in [1.29, 1.82) is 0 Å². The van der Waals surface area contributed by atoms with E-state index in [0.29, 0.717) is 28.5 Å². The Morgan fingerprint density at radius 1 is 0.875 bits per heavy atom. The first-order valence-electron chi connectivity index (χ1n) is 9.58. The van der Waals surface area contributed by atoms with Gasteiger partial charge in [0, 0.05) is 5.56 Å². The van der Waals surface area contributed by atoms with Crippen molar-refractivity contribution in [3.05, 3.63) is 77.1 Å². The first-order valence-corrected chi connectivity index (χ1v) is 11.4. The molecular weight excluding hydrogens is 457 g/mol. The summed E-state index contributed by atoms with van der Waals surface area (Å²) in [6.07, 6.45) is 0. The van der Waals surface area contributed by atoms with Gasteiger partial charge in [0.2, 0.25) is 0 Å². The van der Waals surface area contributed by atoms with Gasteiger partial charge < -0.3 is 14.2 Å². The molecule has 0 aromatic heterocycles. The number of hydrogen-bond donors (Lipinski definition) is 0. The topological polar surface area (TPSA) is 65.1 Å². The molecule has 0 aliphatic heterocycles.